The Hall–Kier alpha value is -3.66. The lowest BCUT2D eigenvalue weighted by molar-refractivity contribution is -0.134. The summed E-state index contributed by atoms with van der Waals surface area (Å²) in [4.78, 5) is 39.0. The number of nitriles is 1. The lowest BCUT2D eigenvalue weighted by Crippen LogP contribution is -2.44. The molecule has 0 bridgehead atoms. The van der Waals surface area contributed by atoms with Crippen molar-refractivity contribution in [3.8, 4) is 6.07 Å². The van der Waals surface area contributed by atoms with E-state index in [0.717, 1.165) is 4.90 Å². The van der Waals surface area contributed by atoms with Gasteiger partial charge in [-0.3, -0.25) is 14.5 Å². The minimum atomic E-state index is -1.16. The van der Waals surface area contributed by atoms with Gasteiger partial charge in [-0.25, -0.2) is 4.79 Å². The maximum Gasteiger partial charge on any atom is 0.325 e. The third-order valence-corrected chi connectivity index (χ3v) is 4.64. The van der Waals surface area contributed by atoms with Gasteiger partial charge < -0.3 is 10.6 Å². The molecule has 1 aliphatic heterocycles. The molecule has 4 amide bonds. The number of carbonyl (C=O) groups excluding carboxylic acids is 3. The predicted octanol–water partition coefficient (Wildman–Crippen LogP) is 2.74. The zero-order valence-electron chi connectivity index (χ0n) is 15.4. The molecule has 3 rings (SSSR count). The van der Waals surface area contributed by atoms with E-state index in [2.05, 4.69) is 10.6 Å². The molecule has 1 saturated heterocycles. The molecular formula is C21H20N4O3. The van der Waals surface area contributed by atoms with Crippen molar-refractivity contribution >= 4 is 23.5 Å². The van der Waals surface area contributed by atoms with Crippen LogP contribution in [0.15, 0.2) is 54.6 Å². The zero-order chi connectivity index (χ0) is 20.1. The molecule has 0 aromatic heterocycles. The van der Waals surface area contributed by atoms with Crippen molar-refractivity contribution in [3.63, 3.8) is 0 Å². The first-order chi connectivity index (χ1) is 13.5. The lowest BCUT2D eigenvalue weighted by atomic mass is 9.85. The second kappa shape index (κ2) is 7.92. The average molecular weight is 376 g/mol. The van der Waals surface area contributed by atoms with Crippen molar-refractivity contribution in [2.75, 3.05) is 11.9 Å². The molecule has 1 aliphatic rings. The summed E-state index contributed by atoms with van der Waals surface area (Å²) in [6, 6.07) is 16.9. The number of urea groups is 1. The Morgan fingerprint density at radius 2 is 1.93 bits per heavy atom. The van der Waals surface area contributed by atoms with Gasteiger partial charge in [-0.2, -0.15) is 5.26 Å². The Balaban J connectivity index is 1.79. The number of rotatable bonds is 6. The van der Waals surface area contributed by atoms with E-state index in [-0.39, 0.29) is 0 Å². The topological polar surface area (TPSA) is 102 Å². The summed E-state index contributed by atoms with van der Waals surface area (Å²) >= 11 is 0. The van der Waals surface area contributed by atoms with E-state index in [9.17, 15) is 14.4 Å². The molecule has 0 aliphatic carbocycles. The normalized spacial score (nSPS) is 18.5. The molecule has 1 fully saturated rings. The first kappa shape index (κ1) is 19.1. The van der Waals surface area contributed by atoms with Crippen LogP contribution in [0.5, 0.6) is 0 Å². The number of hydrogen-bond donors (Lipinski definition) is 2. The largest absolute Gasteiger partial charge is 0.325 e. The van der Waals surface area contributed by atoms with Crippen molar-refractivity contribution < 1.29 is 14.4 Å². The highest BCUT2D eigenvalue weighted by molar-refractivity contribution is 6.10. The van der Waals surface area contributed by atoms with E-state index >= 15 is 0 Å². The van der Waals surface area contributed by atoms with Crippen LogP contribution in [0.4, 0.5) is 10.5 Å². The third-order valence-electron chi connectivity index (χ3n) is 4.64. The standard InChI is InChI=1S/C21H20N4O3/c1-2-11-21(16-8-4-3-5-9-16)19(27)25(20(28)24-21)14-18(26)23-17-10-6-7-15(12-17)13-22/h3-10,12H,2,11,14H2,1H3,(H,23,26)(H,24,28)/t21-/m0/s1. The van der Waals surface area contributed by atoms with Crippen LogP contribution in [-0.2, 0) is 15.1 Å². The van der Waals surface area contributed by atoms with Gasteiger partial charge in [0.1, 0.15) is 12.1 Å². The van der Waals surface area contributed by atoms with Crippen LogP contribution >= 0.6 is 0 Å². The SMILES string of the molecule is CCC[C@@]1(c2ccccc2)NC(=O)N(CC(=O)Nc2cccc(C#N)c2)C1=O. The molecular weight excluding hydrogens is 356 g/mol. The van der Waals surface area contributed by atoms with Gasteiger partial charge in [0.05, 0.1) is 11.6 Å². The van der Waals surface area contributed by atoms with Crippen molar-refractivity contribution in [3.05, 3.63) is 65.7 Å². The molecule has 1 heterocycles. The second-order valence-electron chi connectivity index (χ2n) is 6.58. The van der Waals surface area contributed by atoms with E-state index in [1.807, 2.05) is 31.2 Å². The molecule has 2 N–H and O–H groups in total. The van der Waals surface area contributed by atoms with Gasteiger partial charge in [-0.05, 0) is 30.2 Å². The van der Waals surface area contributed by atoms with Crippen LogP contribution in [0.2, 0.25) is 0 Å². The summed E-state index contributed by atoms with van der Waals surface area (Å²) in [5, 5.41) is 14.3. The van der Waals surface area contributed by atoms with Crippen LogP contribution < -0.4 is 10.6 Å². The van der Waals surface area contributed by atoms with Crippen LogP contribution in [0.3, 0.4) is 0 Å². The smallest absolute Gasteiger partial charge is 0.324 e. The number of imide groups is 1. The van der Waals surface area contributed by atoms with Crippen LogP contribution in [0.1, 0.15) is 30.9 Å². The summed E-state index contributed by atoms with van der Waals surface area (Å²) in [5.41, 5.74) is 0.367. The number of nitrogens with zero attached hydrogens (tertiary/aromatic N) is 2. The molecule has 7 nitrogen and oxygen atoms in total. The van der Waals surface area contributed by atoms with Crippen molar-refractivity contribution in [2.45, 2.75) is 25.3 Å². The number of anilines is 1. The molecule has 0 unspecified atom stereocenters. The Morgan fingerprint density at radius 3 is 2.61 bits per heavy atom. The first-order valence-electron chi connectivity index (χ1n) is 9.00. The summed E-state index contributed by atoms with van der Waals surface area (Å²) in [6.07, 6.45) is 1.12. The first-order valence-corrected chi connectivity index (χ1v) is 9.00. The molecule has 2 aromatic rings. The van der Waals surface area contributed by atoms with Crippen LogP contribution in [0, 0.1) is 11.3 Å². The van der Waals surface area contributed by atoms with Gasteiger partial charge in [0.25, 0.3) is 5.91 Å². The Labute approximate surface area is 163 Å². The van der Waals surface area contributed by atoms with Gasteiger partial charge in [0, 0.05) is 5.69 Å². The molecule has 28 heavy (non-hydrogen) atoms. The summed E-state index contributed by atoms with van der Waals surface area (Å²) in [6.45, 7) is 1.53. The Morgan fingerprint density at radius 1 is 1.18 bits per heavy atom. The van der Waals surface area contributed by atoms with Gasteiger partial charge in [-0.15, -0.1) is 0 Å². The molecule has 0 radical (unpaired) electrons. The average Bonchev–Trinajstić information content (AvgIpc) is 2.94. The maximum atomic E-state index is 13.1. The number of carbonyl (C=O) groups is 3. The van der Waals surface area contributed by atoms with E-state index < -0.39 is 29.9 Å². The van der Waals surface area contributed by atoms with E-state index in [1.54, 1.807) is 30.3 Å². The highest BCUT2D eigenvalue weighted by atomic mass is 16.2. The second-order valence-corrected chi connectivity index (χ2v) is 6.58. The van der Waals surface area contributed by atoms with Gasteiger partial charge >= 0.3 is 6.03 Å². The van der Waals surface area contributed by atoms with Gasteiger partial charge in [0.15, 0.2) is 0 Å². The number of amides is 4. The van der Waals surface area contributed by atoms with Crippen molar-refractivity contribution in [1.29, 1.82) is 5.26 Å². The molecule has 7 heteroatoms. The lowest BCUT2D eigenvalue weighted by Gasteiger charge is -2.26. The van der Waals surface area contributed by atoms with E-state index in [4.69, 9.17) is 5.26 Å². The van der Waals surface area contributed by atoms with Gasteiger partial charge in [0.2, 0.25) is 5.91 Å². The number of hydrogen-bond acceptors (Lipinski definition) is 4. The molecule has 0 spiro atoms. The Kier molecular flexibility index (Phi) is 5.41. The van der Waals surface area contributed by atoms with Crippen molar-refractivity contribution in [2.24, 2.45) is 0 Å². The third kappa shape index (κ3) is 3.58. The highest BCUT2D eigenvalue weighted by Crippen LogP contribution is 2.33. The summed E-state index contributed by atoms with van der Waals surface area (Å²) < 4.78 is 0. The van der Waals surface area contributed by atoms with E-state index in [0.29, 0.717) is 29.7 Å². The number of benzene rings is 2. The zero-order valence-corrected chi connectivity index (χ0v) is 15.4. The quantitative estimate of drug-likeness (QED) is 0.757. The fourth-order valence-electron chi connectivity index (χ4n) is 3.39. The molecule has 1 atom stereocenters. The van der Waals surface area contributed by atoms with E-state index in [1.165, 1.54) is 6.07 Å². The monoisotopic (exact) mass is 376 g/mol. The van der Waals surface area contributed by atoms with Crippen LogP contribution in [-0.4, -0.2) is 29.3 Å². The summed E-state index contributed by atoms with van der Waals surface area (Å²) in [7, 11) is 0. The summed E-state index contributed by atoms with van der Waals surface area (Å²) in [5.74, 6) is -0.953. The maximum absolute atomic E-state index is 13.1. The van der Waals surface area contributed by atoms with Crippen molar-refractivity contribution in [1.82, 2.24) is 10.2 Å². The number of nitrogens with one attached hydrogen (secondary N) is 2. The fourth-order valence-corrected chi connectivity index (χ4v) is 3.39. The minimum Gasteiger partial charge on any atom is -0.324 e. The van der Waals surface area contributed by atoms with Crippen LogP contribution in [0.25, 0.3) is 0 Å². The minimum absolute atomic E-state index is 0.402. The van der Waals surface area contributed by atoms with Gasteiger partial charge in [-0.1, -0.05) is 49.7 Å². The molecule has 0 saturated carbocycles. The highest BCUT2D eigenvalue weighted by Gasteiger charge is 2.52. The predicted molar refractivity (Wildman–Crippen MR) is 103 cm³/mol. The molecule has 2 aromatic carbocycles. The molecule has 142 valence electrons. The Bertz CT molecular complexity index is 952. The fraction of sp³-hybridized carbons (Fsp3) is 0.238.